The first-order valence-corrected chi connectivity index (χ1v) is 19.2. The van der Waals surface area contributed by atoms with Crippen molar-refractivity contribution in [1.29, 1.82) is 0 Å². The van der Waals surface area contributed by atoms with Crippen LogP contribution in [0.1, 0.15) is 49.1 Å². The third kappa shape index (κ3) is 6.42. The number of methoxy groups -OCH3 is 2. The van der Waals surface area contributed by atoms with Gasteiger partial charge < -0.3 is 28.5 Å². The highest BCUT2D eigenvalue weighted by molar-refractivity contribution is 6.74. The fourth-order valence-corrected chi connectivity index (χ4v) is 7.43. The Morgan fingerprint density at radius 2 is 1.45 bits per heavy atom. The third-order valence-corrected chi connectivity index (χ3v) is 14.4. The van der Waals surface area contributed by atoms with E-state index in [1.807, 2.05) is 78.9 Å². The number of aliphatic hydroxyl groups excluding tert-OH is 1. The van der Waals surface area contributed by atoms with Crippen molar-refractivity contribution in [3.8, 4) is 11.5 Å². The van der Waals surface area contributed by atoms with Crippen molar-refractivity contribution in [2.75, 3.05) is 20.8 Å². The van der Waals surface area contributed by atoms with Crippen molar-refractivity contribution >= 4 is 13.8 Å². The number of nitrogens with zero attached hydrogens (tertiary/aromatic N) is 3. The minimum atomic E-state index is -2.42. The van der Waals surface area contributed by atoms with Gasteiger partial charge in [0.1, 0.15) is 41.5 Å². The fourth-order valence-electron chi connectivity index (χ4n) is 6.13. The van der Waals surface area contributed by atoms with Crippen molar-refractivity contribution in [3.05, 3.63) is 124 Å². The Labute approximate surface area is 286 Å². The number of fused-ring (bicyclic) bond motifs is 1. The Morgan fingerprint density at radius 1 is 0.878 bits per heavy atom. The van der Waals surface area contributed by atoms with Gasteiger partial charge >= 0.3 is 5.69 Å². The highest BCUT2D eigenvalue weighted by Crippen LogP contribution is 2.46. The Morgan fingerprint density at radius 3 is 2.00 bits per heavy atom. The fraction of sp³-hybridized carbons (Fsp3) is 0.378. The van der Waals surface area contributed by atoms with Crippen LogP contribution in [-0.4, -0.2) is 72.4 Å². The van der Waals surface area contributed by atoms with Gasteiger partial charge in [-0.15, -0.1) is 0 Å². The molecule has 3 heterocycles. The second-order valence-corrected chi connectivity index (χ2v) is 18.6. The van der Waals surface area contributed by atoms with Crippen LogP contribution in [0.2, 0.25) is 18.1 Å². The maximum Gasteiger partial charge on any atom is 0.363 e. The molecule has 0 aliphatic carbocycles. The zero-order valence-electron chi connectivity index (χ0n) is 28.9. The third-order valence-electron chi connectivity index (χ3n) is 9.89. The molecule has 0 unspecified atom stereocenters. The summed E-state index contributed by atoms with van der Waals surface area (Å²) >= 11 is 0. The molecule has 2 N–H and O–H groups in total. The van der Waals surface area contributed by atoms with Gasteiger partial charge in [0.2, 0.25) is 0 Å². The van der Waals surface area contributed by atoms with Crippen LogP contribution in [0.3, 0.4) is 0 Å². The molecule has 0 radical (unpaired) electrons. The average Bonchev–Trinajstić information content (AvgIpc) is 3.66. The number of ether oxygens (including phenoxy) is 4. The topological polar surface area (TPSA) is 129 Å². The number of hydrogen-bond acceptors (Lipinski definition) is 9. The second-order valence-electron chi connectivity index (χ2n) is 13.8. The van der Waals surface area contributed by atoms with Crippen LogP contribution in [0.15, 0.2) is 96.1 Å². The number of nitrogens with one attached hydrogen (secondary N) is 1. The summed E-state index contributed by atoms with van der Waals surface area (Å²) in [7, 11) is 0.839. The van der Waals surface area contributed by atoms with Crippen LogP contribution < -0.4 is 15.2 Å². The molecule has 2 aromatic heterocycles. The predicted molar refractivity (Wildman–Crippen MR) is 188 cm³/mol. The van der Waals surface area contributed by atoms with E-state index in [0.717, 1.165) is 16.7 Å². The first kappa shape index (κ1) is 34.5. The molecule has 0 spiro atoms. The number of H-pyrrole nitrogens is 1. The SMILES string of the molecule is COc1ccc(C(OC[C@H]2O[C@@H](c3cnn4c(=O)[nH]ncc34)[C@H](O[Si](C)(C)C(C)(C)C)[C@@H]2O)(c2ccccc2)c2ccc(OC)cc2)cc1. The van der Waals surface area contributed by atoms with Gasteiger partial charge in [-0.2, -0.15) is 14.7 Å². The van der Waals surface area contributed by atoms with Crippen molar-refractivity contribution in [2.24, 2.45) is 0 Å². The molecule has 0 bridgehead atoms. The van der Waals surface area contributed by atoms with Gasteiger partial charge in [0.15, 0.2) is 8.32 Å². The first-order chi connectivity index (χ1) is 23.4. The van der Waals surface area contributed by atoms with Crippen LogP contribution in [-0.2, 0) is 19.5 Å². The molecule has 12 heteroatoms. The lowest BCUT2D eigenvalue weighted by atomic mass is 9.80. The predicted octanol–water partition coefficient (Wildman–Crippen LogP) is 5.63. The molecule has 1 fully saturated rings. The lowest BCUT2D eigenvalue weighted by Crippen LogP contribution is -2.48. The zero-order chi connectivity index (χ0) is 35.0. The van der Waals surface area contributed by atoms with Crippen molar-refractivity contribution in [3.63, 3.8) is 0 Å². The summed E-state index contributed by atoms with van der Waals surface area (Å²) in [6.45, 7) is 10.7. The molecule has 11 nitrogen and oxygen atoms in total. The summed E-state index contributed by atoms with van der Waals surface area (Å²) in [5.41, 5.74) is 2.08. The lowest BCUT2D eigenvalue weighted by Gasteiger charge is -2.40. The molecule has 0 amide bonds. The molecule has 4 atom stereocenters. The smallest absolute Gasteiger partial charge is 0.363 e. The highest BCUT2D eigenvalue weighted by Gasteiger charge is 2.52. The van der Waals surface area contributed by atoms with Gasteiger partial charge in [0.25, 0.3) is 0 Å². The minimum absolute atomic E-state index is 0.0000270. The Kier molecular flexibility index (Phi) is 9.53. The number of aromatic nitrogens is 4. The summed E-state index contributed by atoms with van der Waals surface area (Å²) in [4.78, 5) is 12.5. The van der Waals surface area contributed by atoms with E-state index in [0.29, 0.717) is 22.6 Å². The summed E-state index contributed by atoms with van der Waals surface area (Å²) < 4.78 is 32.9. The number of hydrogen-bond donors (Lipinski definition) is 2. The molecular formula is C37H44N4O7Si. The summed E-state index contributed by atoms with van der Waals surface area (Å²) in [5.74, 6) is 1.43. The number of aromatic amines is 1. The van der Waals surface area contributed by atoms with Crippen molar-refractivity contribution in [2.45, 2.75) is 68.9 Å². The van der Waals surface area contributed by atoms with E-state index >= 15 is 0 Å². The monoisotopic (exact) mass is 684 g/mol. The van der Waals surface area contributed by atoms with E-state index in [9.17, 15) is 9.90 Å². The second kappa shape index (κ2) is 13.5. The molecule has 0 saturated carbocycles. The van der Waals surface area contributed by atoms with Gasteiger partial charge in [-0.1, -0.05) is 75.4 Å². The van der Waals surface area contributed by atoms with Crippen LogP contribution in [0.4, 0.5) is 0 Å². The van der Waals surface area contributed by atoms with Crippen LogP contribution in [0.25, 0.3) is 5.52 Å². The summed E-state index contributed by atoms with van der Waals surface area (Å²) in [6, 6.07) is 25.5. The number of rotatable bonds is 11. The molecule has 258 valence electrons. The molecule has 1 aliphatic heterocycles. The van der Waals surface area contributed by atoms with E-state index in [4.69, 9.17) is 23.4 Å². The van der Waals surface area contributed by atoms with Crippen molar-refractivity contribution in [1.82, 2.24) is 19.8 Å². The number of aliphatic hydroxyl groups is 1. The Bertz CT molecular complexity index is 1870. The molecule has 5 aromatic rings. The van der Waals surface area contributed by atoms with Crippen LogP contribution >= 0.6 is 0 Å². The molecule has 6 rings (SSSR count). The number of benzene rings is 3. The Hall–Kier alpha value is -4.33. The minimum Gasteiger partial charge on any atom is -0.497 e. The molecular weight excluding hydrogens is 641 g/mol. The van der Waals surface area contributed by atoms with E-state index in [1.54, 1.807) is 20.4 Å². The molecule has 49 heavy (non-hydrogen) atoms. The quantitative estimate of drug-likeness (QED) is 0.134. The standard InChI is InChI=1S/C37H44N4O7Si/c1-36(2,3)49(6,7)48-34-32(42)31(47-33(34)29-21-39-41-30(29)22-38-40-35(41)43)23-46-37(24-11-9-8-10-12-24,25-13-17-27(44-4)18-14-25)26-15-19-28(45-5)20-16-26/h8-22,31-34,42H,23H2,1-7H3,(H,40,43)/t31-,32-,33+,34-/m1/s1. The lowest BCUT2D eigenvalue weighted by molar-refractivity contribution is -0.0826. The van der Waals surface area contributed by atoms with E-state index in [-0.39, 0.29) is 11.6 Å². The van der Waals surface area contributed by atoms with Crippen molar-refractivity contribution < 1.29 is 28.5 Å². The van der Waals surface area contributed by atoms with Gasteiger partial charge in [0.05, 0.1) is 38.7 Å². The molecule has 3 aromatic carbocycles. The summed E-state index contributed by atoms with van der Waals surface area (Å²) in [5, 5.41) is 22.6. The Balaban J connectivity index is 1.43. The van der Waals surface area contributed by atoms with E-state index in [1.165, 1.54) is 10.7 Å². The van der Waals surface area contributed by atoms with Gasteiger partial charge in [-0.25, -0.2) is 9.89 Å². The average molecular weight is 685 g/mol. The summed E-state index contributed by atoms with van der Waals surface area (Å²) in [6.07, 6.45) is -0.256. The van der Waals surface area contributed by atoms with Gasteiger partial charge in [-0.3, -0.25) is 0 Å². The van der Waals surface area contributed by atoms with Crippen LogP contribution in [0, 0.1) is 0 Å². The maximum atomic E-state index is 12.5. The maximum absolute atomic E-state index is 12.5. The molecule has 1 saturated heterocycles. The largest absolute Gasteiger partial charge is 0.497 e. The van der Waals surface area contributed by atoms with Crippen LogP contribution in [0.5, 0.6) is 11.5 Å². The highest BCUT2D eigenvalue weighted by atomic mass is 28.4. The zero-order valence-corrected chi connectivity index (χ0v) is 29.9. The van der Waals surface area contributed by atoms with E-state index < -0.39 is 44.0 Å². The van der Waals surface area contributed by atoms with Gasteiger partial charge in [0, 0.05) is 5.56 Å². The van der Waals surface area contributed by atoms with Gasteiger partial charge in [-0.05, 0) is 59.1 Å². The van der Waals surface area contributed by atoms with E-state index in [2.05, 4.69) is 49.2 Å². The first-order valence-electron chi connectivity index (χ1n) is 16.3. The normalized spacial score (nSPS) is 20.1. The molecule has 1 aliphatic rings.